The second-order valence-corrected chi connectivity index (χ2v) is 5.97. The maximum absolute atomic E-state index is 13.6. The Hall–Kier alpha value is -1.33. The lowest BCUT2D eigenvalue weighted by Gasteiger charge is -2.23. The fraction of sp³-hybridized carbons (Fsp3) is 0.562. The predicted molar refractivity (Wildman–Crippen MR) is 76.3 cm³/mol. The van der Waals surface area contributed by atoms with Gasteiger partial charge in [0.2, 0.25) is 0 Å². The number of Topliss-reactive ketones (excluding diaryl/α,β-unsaturated/α-hetero) is 1. The first-order chi connectivity index (χ1) is 10.1. The van der Waals surface area contributed by atoms with Crippen LogP contribution in [0.15, 0.2) is 18.2 Å². The summed E-state index contributed by atoms with van der Waals surface area (Å²) in [6.45, 7) is 4.16. The van der Waals surface area contributed by atoms with Gasteiger partial charge in [0.1, 0.15) is 11.6 Å². The van der Waals surface area contributed by atoms with Gasteiger partial charge in [0.25, 0.3) is 0 Å². The van der Waals surface area contributed by atoms with Crippen molar-refractivity contribution < 1.29 is 13.6 Å². The monoisotopic (exact) mass is 294 g/mol. The molecule has 0 aliphatic carbocycles. The van der Waals surface area contributed by atoms with Crippen LogP contribution < -0.4 is 0 Å². The first kappa shape index (κ1) is 14.6. The minimum atomic E-state index is -0.642. The van der Waals surface area contributed by atoms with Gasteiger partial charge in [0, 0.05) is 19.1 Å². The summed E-state index contributed by atoms with van der Waals surface area (Å²) in [5.41, 5.74) is -0.139. The molecule has 0 N–H and O–H groups in total. The highest BCUT2D eigenvalue weighted by Crippen LogP contribution is 2.21. The van der Waals surface area contributed by atoms with E-state index in [-0.39, 0.29) is 17.9 Å². The van der Waals surface area contributed by atoms with Crippen LogP contribution in [0.4, 0.5) is 8.78 Å². The zero-order valence-electron chi connectivity index (χ0n) is 12.0. The van der Waals surface area contributed by atoms with Crippen molar-refractivity contribution in [2.75, 3.05) is 32.7 Å². The van der Waals surface area contributed by atoms with Gasteiger partial charge in [-0.25, -0.2) is 8.78 Å². The minimum Gasteiger partial charge on any atom is -0.299 e. The molecule has 2 fully saturated rings. The Kier molecular flexibility index (Phi) is 4.31. The number of halogens is 2. The van der Waals surface area contributed by atoms with Crippen LogP contribution in [0, 0.1) is 11.6 Å². The number of carbonyl (C=O) groups is 1. The van der Waals surface area contributed by atoms with Gasteiger partial charge in [-0.3, -0.25) is 14.6 Å². The van der Waals surface area contributed by atoms with Crippen LogP contribution in [0.1, 0.15) is 29.6 Å². The van der Waals surface area contributed by atoms with Gasteiger partial charge >= 0.3 is 0 Å². The van der Waals surface area contributed by atoms with Crippen LogP contribution in [0.3, 0.4) is 0 Å². The first-order valence-corrected chi connectivity index (χ1v) is 7.58. The lowest BCUT2D eigenvalue weighted by Crippen LogP contribution is -2.36. The summed E-state index contributed by atoms with van der Waals surface area (Å²) < 4.78 is 26.8. The Labute approximate surface area is 123 Å². The Morgan fingerprint density at radius 3 is 2.71 bits per heavy atom. The molecule has 114 valence electrons. The van der Waals surface area contributed by atoms with Crippen molar-refractivity contribution in [2.24, 2.45) is 0 Å². The Morgan fingerprint density at radius 2 is 1.95 bits per heavy atom. The summed E-state index contributed by atoms with van der Waals surface area (Å²) >= 11 is 0. The largest absolute Gasteiger partial charge is 0.299 e. The topological polar surface area (TPSA) is 23.6 Å². The fourth-order valence-corrected chi connectivity index (χ4v) is 3.36. The zero-order valence-corrected chi connectivity index (χ0v) is 12.0. The average molecular weight is 294 g/mol. The quantitative estimate of drug-likeness (QED) is 0.796. The van der Waals surface area contributed by atoms with Gasteiger partial charge in [0.05, 0.1) is 12.1 Å². The highest BCUT2D eigenvalue weighted by atomic mass is 19.1. The first-order valence-electron chi connectivity index (χ1n) is 7.58. The van der Waals surface area contributed by atoms with Crippen LogP contribution in [0.2, 0.25) is 0 Å². The summed E-state index contributed by atoms with van der Waals surface area (Å²) in [5.74, 6) is -1.55. The van der Waals surface area contributed by atoms with Crippen LogP contribution in [-0.4, -0.2) is 54.3 Å². The van der Waals surface area contributed by atoms with Crippen molar-refractivity contribution in [3.05, 3.63) is 35.4 Å². The molecule has 2 heterocycles. The molecule has 0 radical (unpaired) electrons. The van der Waals surface area contributed by atoms with Crippen LogP contribution >= 0.6 is 0 Å². The second kappa shape index (κ2) is 6.20. The molecule has 1 unspecified atom stereocenters. The number of hydrogen-bond donors (Lipinski definition) is 0. The molecule has 2 aliphatic heterocycles. The van der Waals surface area contributed by atoms with E-state index < -0.39 is 11.6 Å². The molecule has 0 saturated carbocycles. The number of hydrogen-bond acceptors (Lipinski definition) is 3. The third-order valence-electron chi connectivity index (χ3n) is 4.50. The molecule has 2 aliphatic rings. The zero-order chi connectivity index (χ0) is 14.8. The fourth-order valence-electron chi connectivity index (χ4n) is 3.36. The maximum atomic E-state index is 13.6. The Balaban J connectivity index is 1.59. The summed E-state index contributed by atoms with van der Waals surface area (Å²) in [6, 6.07) is 3.55. The normalized spacial score (nSPS) is 23.8. The van der Waals surface area contributed by atoms with Gasteiger partial charge < -0.3 is 0 Å². The van der Waals surface area contributed by atoms with Gasteiger partial charge in [-0.05, 0) is 50.6 Å². The number of nitrogens with zero attached hydrogens (tertiary/aromatic N) is 2. The molecular weight excluding hydrogens is 274 g/mol. The van der Waals surface area contributed by atoms with E-state index in [9.17, 15) is 13.6 Å². The summed E-state index contributed by atoms with van der Waals surface area (Å²) in [7, 11) is 0. The predicted octanol–water partition coefficient (Wildman–Crippen LogP) is 2.32. The maximum Gasteiger partial charge on any atom is 0.179 e. The number of benzene rings is 1. The molecule has 1 aromatic rings. The molecule has 21 heavy (non-hydrogen) atoms. The highest BCUT2D eigenvalue weighted by molar-refractivity contribution is 5.97. The molecule has 0 bridgehead atoms. The van der Waals surface area contributed by atoms with Gasteiger partial charge in [-0.15, -0.1) is 0 Å². The van der Waals surface area contributed by atoms with Crippen LogP contribution in [0.5, 0.6) is 0 Å². The van der Waals surface area contributed by atoms with Crippen molar-refractivity contribution in [2.45, 2.75) is 25.3 Å². The summed E-state index contributed by atoms with van der Waals surface area (Å²) in [4.78, 5) is 16.7. The molecule has 1 aromatic carbocycles. The van der Waals surface area contributed by atoms with E-state index >= 15 is 0 Å². The average Bonchev–Trinajstić information content (AvgIpc) is 3.11. The Bertz CT molecular complexity index is 529. The molecule has 2 saturated heterocycles. The third kappa shape index (κ3) is 3.30. The molecule has 0 aromatic heterocycles. The van der Waals surface area contributed by atoms with E-state index in [0.717, 1.165) is 50.8 Å². The molecule has 3 nitrogen and oxygen atoms in total. The van der Waals surface area contributed by atoms with Gasteiger partial charge in [-0.2, -0.15) is 0 Å². The molecule has 0 spiro atoms. The number of likely N-dealkylation sites (tertiary alicyclic amines) is 2. The smallest absolute Gasteiger partial charge is 0.179 e. The lowest BCUT2D eigenvalue weighted by molar-refractivity contribution is 0.0936. The highest BCUT2D eigenvalue weighted by Gasteiger charge is 2.30. The van der Waals surface area contributed by atoms with Crippen molar-refractivity contribution in [1.82, 2.24) is 9.80 Å². The standard InChI is InChI=1S/C16H20F2N2O/c17-12-3-4-15(18)14(9-12)16(21)11-19-8-5-13(10-19)20-6-1-2-7-20/h3-4,9,13H,1-2,5-8,10-11H2. The van der Waals surface area contributed by atoms with Crippen LogP contribution in [0.25, 0.3) is 0 Å². The van der Waals surface area contributed by atoms with E-state index in [4.69, 9.17) is 0 Å². The second-order valence-electron chi connectivity index (χ2n) is 5.97. The third-order valence-corrected chi connectivity index (χ3v) is 4.50. The molecular formula is C16H20F2N2O. The Morgan fingerprint density at radius 1 is 1.19 bits per heavy atom. The minimum absolute atomic E-state index is 0.139. The van der Waals surface area contributed by atoms with Crippen molar-refractivity contribution in [1.29, 1.82) is 0 Å². The van der Waals surface area contributed by atoms with Crippen molar-refractivity contribution in [3.63, 3.8) is 0 Å². The number of rotatable bonds is 4. The number of carbonyl (C=O) groups excluding carboxylic acids is 1. The SMILES string of the molecule is O=C(CN1CCC(N2CCCC2)C1)c1cc(F)ccc1F. The van der Waals surface area contributed by atoms with Crippen LogP contribution in [-0.2, 0) is 0 Å². The molecule has 0 amide bonds. The lowest BCUT2D eigenvalue weighted by atomic mass is 10.1. The van der Waals surface area contributed by atoms with E-state index in [2.05, 4.69) is 9.80 Å². The summed E-state index contributed by atoms with van der Waals surface area (Å²) in [6.07, 6.45) is 3.56. The van der Waals surface area contributed by atoms with E-state index in [1.807, 2.05) is 0 Å². The molecule has 5 heteroatoms. The molecule has 1 atom stereocenters. The van der Waals surface area contributed by atoms with Crippen molar-refractivity contribution >= 4 is 5.78 Å². The van der Waals surface area contributed by atoms with Gasteiger partial charge in [0.15, 0.2) is 5.78 Å². The van der Waals surface area contributed by atoms with E-state index in [1.54, 1.807) is 0 Å². The number of ketones is 1. The van der Waals surface area contributed by atoms with Gasteiger partial charge in [-0.1, -0.05) is 0 Å². The summed E-state index contributed by atoms with van der Waals surface area (Å²) in [5, 5.41) is 0. The van der Waals surface area contributed by atoms with E-state index in [0.29, 0.717) is 6.04 Å². The molecule has 3 rings (SSSR count). The van der Waals surface area contributed by atoms with Crippen molar-refractivity contribution in [3.8, 4) is 0 Å². The van der Waals surface area contributed by atoms with E-state index in [1.165, 1.54) is 12.8 Å².